The van der Waals surface area contributed by atoms with Crippen LogP contribution in [0.3, 0.4) is 0 Å². The molecule has 2 unspecified atom stereocenters. The number of ether oxygens (including phenoxy) is 2. The molecule has 0 aromatic rings. The molecule has 3 nitrogen and oxygen atoms in total. The van der Waals surface area contributed by atoms with Gasteiger partial charge in [-0.1, -0.05) is 26.2 Å². The van der Waals surface area contributed by atoms with E-state index in [1.54, 1.807) is 0 Å². The normalized spacial score (nSPS) is 30.5. The van der Waals surface area contributed by atoms with E-state index < -0.39 is 0 Å². The smallest absolute Gasteiger partial charge is 0.0594 e. The maximum atomic E-state index is 6.01. The van der Waals surface area contributed by atoms with Crippen molar-refractivity contribution < 1.29 is 9.47 Å². The summed E-state index contributed by atoms with van der Waals surface area (Å²) in [6.07, 6.45) is 9.48. The molecule has 18 heavy (non-hydrogen) atoms. The van der Waals surface area contributed by atoms with Gasteiger partial charge in [0.05, 0.1) is 12.7 Å². The Morgan fingerprint density at radius 3 is 2.78 bits per heavy atom. The summed E-state index contributed by atoms with van der Waals surface area (Å²) in [6.45, 7) is 6.01. The lowest BCUT2D eigenvalue weighted by atomic mass is 9.85. The summed E-state index contributed by atoms with van der Waals surface area (Å²) in [4.78, 5) is 0. The molecule has 0 aromatic heterocycles. The fourth-order valence-electron chi connectivity index (χ4n) is 3.15. The van der Waals surface area contributed by atoms with Crippen LogP contribution in [0.2, 0.25) is 0 Å². The predicted octanol–water partition coefficient (Wildman–Crippen LogP) is 2.74. The Bertz CT molecular complexity index is 217. The summed E-state index contributed by atoms with van der Waals surface area (Å²) < 4.78 is 11.4. The Hall–Kier alpha value is -0.120. The molecule has 0 radical (unpaired) electrons. The van der Waals surface area contributed by atoms with Crippen LogP contribution in [0.1, 0.15) is 51.9 Å². The van der Waals surface area contributed by atoms with Gasteiger partial charge in [0.2, 0.25) is 0 Å². The minimum atomic E-state index is 0.528. The highest BCUT2D eigenvalue weighted by molar-refractivity contribution is 4.73. The highest BCUT2D eigenvalue weighted by Crippen LogP contribution is 2.28. The topological polar surface area (TPSA) is 30.5 Å². The standard InChI is InChI=1S/C15H29NO2/c1-2-13-4-3-5-15(12-13)18-11-8-16-14-6-9-17-10-7-14/h13-16H,2-12H2,1H3. The van der Waals surface area contributed by atoms with Gasteiger partial charge in [0.25, 0.3) is 0 Å². The van der Waals surface area contributed by atoms with Crippen LogP contribution in [-0.4, -0.2) is 38.5 Å². The van der Waals surface area contributed by atoms with E-state index in [9.17, 15) is 0 Å². The molecule has 2 atom stereocenters. The van der Waals surface area contributed by atoms with Gasteiger partial charge in [-0.15, -0.1) is 0 Å². The highest BCUT2D eigenvalue weighted by atomic mass is 16.5. The zero-order valence-corrected chi connectivity index (χ0v) is 11.8. The Morgan fingerprint density at radius 1 is 1.17 bits per heavy atom. The van der Waals surface area contributed by atoms with Crippen LogP contribution in [0.5, 0.6) is 0 Å². The molecule has 3 heteroatoms. The van der Waals surface area contributed by atoms with Crippen molar-refractivity contribution in [1.29, 1.82) is 0 Å². The van der Waals surface area contributed by atoms with E-state index >= 15 is 0 Å². The van der Waals surface area contributed by atoms with E-state index in [1.807, 2.05) is 0 Å². The summed E-state index contributed by atoms with van der Waals surface area (Å²) in [5.74, 6) is 0.909. The summed E-state index contributed by atoms with van der Waals surface area (Å²) in [6, 6.07) is 0.650. The van der Waals surface area contributed by atoms with Crippen molar-refractivity contribution in [2.75, 3.05) is 26.4 Å². The number of rotatable bonds is 6. The summed E-state index contributed by atoms with van der Waals surface area (Å²) in [7, 11) is 0. The van der Waals surface area contributed by atoms with Gasteiger partial charge in [-0.25, -0.2) is 0 Å². The van der Waals surface area contributed by atoms with Gasteiger partial charge in [0, 0.05) is 25.8 Å². The molecule has 1 saturated carbocycles. The SMILES string of the molecule is CCC1CCCC(OCCNC2CCOCC2)C1. The maximum absolute atomic E-state index is 6.01. The molecule has 0 aromatic carbocycles. The van der Waals surface area contributed by atoms with Crippen molar-refractivity contribution in [2.24, 2.45) is 5.92 Å². The van der Waals surface area contributed by atoms with Crippen LogP contribution in [0.4, 0.5) is 0 Å². The van der Waals surface area contributed by atoms with Crippen LogP contribution >= 0.6 is 0 Å². The van der Waals surface area contributed by atoms with Crippen LogP contribution in [-0.2, 0) is 9.47 Å². The Kier molecular flexibility index (Phi) is 6.46. The Morgan fingerprint density at radius 2 is 2.00 bits per heavy atom. The van der Waals surface area contributed by atoms with Crippen molar-refractivity contribution in [3.8, 4) is 0 Å². The van der Waals surface area contributed by atoms with Crippen LogP contribution in [0.15, 0.2) is 0 Å². The lowest BCUT2D eigenvalue weighted by molar-refractivity contribution is 0.0110. The number of hydrogen-bond donors (Lipinski definition) is 1. The molecule has 0 spiro atoms. The Labute approximate surface area is 112 Å². The van der Waals surface area contributed by atoms with Gasteiger partial charge in [-0.2, -0.15) is 0 Å². The third kappa shape index (κ3) is 4.87. The van der Waals surface area contributed by atoms with E-state index in [0.29, 0.717) is 12.1 Å². The van der Waals surface area contributed by atoms with Crippen molar-refractivity contribution in [3.63, 3.8) is 0 Å². The second-order valence-electron chi connectivity index (χ2n) is 5.77. The number of hydrogen-bond acceptors (Lipinski definition) is 3. The summed E-state index contributed by atoms with van der Waals surface area (Å²) in [5, 5.41) is 3.58. The van der Waals surface area contributed by atoms with Gasteiger partial charge in [-0.3, -0.25) is 0 Å². The van der Waals surface area contributed by atoms with Gasteiger partial charge in [-0.05, 0) is 31.6 Å². The maximum Gasteiger partial charge on any atom is 0.0594 e. The summed E-state index contributed by atoms with van der Waals surface area (Å²) in [5.41, 5.74) is 0. The van der Waals surface area contributed by atoms with Gasteiger partial charge in [0.15, 0.2) is 0 Å². The second-order valence-corrected chi connectivity index (χ2v) is 5.77. The average molecular weight is 255 g/mol. The fraction of sp³-hybridized carbons (Fsp3) is 1.00. The molecule has 2 fully saturated rings. The van der Waals surface area contributed by atoms with E-state index in [1.165, 1.54) is 32.1 Å². The van der Waals surface area contributed by atoms with Crippen molar-refractivity contribution in [1.82, 2.24) is 5.32 Å². The first kappa shape index (κ1) is 14.3. The molecular weight excluding hydrogens is 226 g/mol. The van der Waals surface area contributed by atoms with Crippen LogP contribution in [0.25, 0.3) is 0 Å². The first-order chi connectivity index (χ1) is 8.88. The van der Waals surface area contributed by atoms with E-state index in [-0.39, 0.29) is 0 Å². The molecule has 1 aliphatic heterocycles. The molecule has 1 saturated heterocycles. The third-order valence-corrected chi connectivity index (χ3v) is 4.42. The van der Waals surface area contributed by atoms with E-state index in [2.05, 4.69) is 12.2 Å². The highest BCUT2D eigenvalue weighted by Gasteiger charge is 2.21. The van der Waals surface area contributed by atoms with Crippen LogP contribution in [0, 0.1) is 5.92 Å². The molecule has 1 N–H and O–H groups in total. The van der Waals surface area contributed by atoms with Crippen molar-refractivity contribution >= 4 is 0 Å². The van der Waals surface area contributed by atoms with Gasteiger partial charge >= 0.3 is 0 Å². The lowest BCUT2D eigenvalue weighted by Crippen LogP contribution is -2.37. The molecular formula is C15H29NO2. The van der Waals surface area contributed by atoms with Crippen molar-refractivity contribution in [3.05, 3.63) is 0 Å². The average Bonchev–Trinajstić information content (AvgIpc) is 2.45. The zero-order chi connectivity index (χ0) is 12.6. The monoisotopic (exact) mass is 255 g/mol. The molecule has 106 valence electrons. The molecule has 2 rings (SSSR count). The van der Waals surface area contributed by atoms with E-state index in [0.717, 1.165) is 45.1 Å². The minimum absolute atomic E-state index is 0.528. The minimum Gasteiger partial charge on any atom is -0.381 e. The fourth-order valence-corrected chi connectivity index (χ4v) is 3.15. The molecule has 1 heterocycles. The van der Waals surface area contributed by atoms with Crippen molar-refractivity contribution in [2.45, 2.75) is 64.0 Å². The number of nitrogens with one attached hydrogen (secondary N) is 1. The largest absolute Gasteiger partial charge is 0.381 e. The van der Waals surface area contributed by atoms with Gasteiger partial charge < -0.3 is 14.8 Å². The van der Waals surface area contributed by atoms with E-state index in [4.69, 9.17) is 9.47 Å². The Balaban J connectivity index is 1.52. The lowest BCUT2D eigenvalue weighted by Gasteiger charge is -2.29. The molecule has 0 amide bonds. The zero-order valence-electron chi connectivity index (χ0n) is 11.8. The third-order valence-electron chi connectivity index (χ3n) is 4.42. The predicted molar refractivity (Wildman–Crippen MR) is 73.8 cm³/mol. The second kappa shape index (κ2) is 8.13. The quantitative estimate of drug-likeness (QED) is 0.740. The molecule has 1 aliphatic carbocycles. The summed E-state index contributed by atoms with van der Waals surface area (Å²) >= 11 is 0. The van der Waals surface area contributed by atoms with Gasteiger partial charge in [0.1, 0.15) is 0 Å². The first-order valence-electron chi connectivity index (χ1n) is 7.81. The molecule has 0 bridgehead atoms. The first-order valence-corrected chi connectivity index (χ1v) is 7.81. The van der Waals surface area contributed by atoms with Crippen LogP contribution < -0.4 is 5.32 Å². The molecule has 2 aliphatic rings.